The first-order valence-electron chi connectivity index (χ1n) is 8.44. The van der Waals surface area contributed by atoms with Crippen molar-refractivity contribution in [2.75, 3.05) is 32.7 Å². The quantitative estimate of drug-likeness (QED) is 0.835. The SMILES string of the molecule is CC(CN1CCCC1)NC(C)C(=O)N1CCCCCC1. The van der Waals surface area contributed by atoms with E-state index in [1.54, 1.807) is 0 Å². The molecule has 2 fully saturated rings. The number of nitrogens with one attached hydrogen (secondary N) is 1. The molecule has 2 aliphatic heterocycles. The molecule has 0 saturated carbocycles. The van der Waals surface area contributed by atoms with E-state index in [0.717, 1.165) is 19.6 Å². The van der Waals surface area contributed by atoms with Crippen LogP contribution in [0, 0.1) is 0 Å². The Morgan fingerprint density at radius 1 is 0.950 bits per heavy atom. The Morgan fingerprint density at radius 3 is 2.10 bits per heavy atom. The van der Waals surface area contributed by atoms with Gasteiger partial charge in [0.2, 0.25) is 5.91 Å². The Kier molecular flexibility index (Phi) is 6.30. The third-order valence-electron chi connectivity index (χ3n) is 4.55. The fourth-order valence-electron chi connectivity index (χ4n) is 3.47. The van der Waals surface area contributed by atoms with E-state index in [1.165, 1.54) is 51.6 Å². The molecule has 0 aromatic rings. The highest BCUT2D eigenvalue weighted by Crippen LogP contribution is 2.11. The lowest BCUT2D eigenvalue weighted by Gasteiger charge is -2.28. The standard InChI is InChI=1S/C16H31N3O/c1-14(13-18-9-7-8-10-18)17-15(2)16(20)19-11-5-3-4-6-12-19/h14-15,17H,3-13H2,1-2H3. The second-order valence-corrected chi connectivity index (χ2v) is 6.54. The highest BCUT2D eigenvalue weighted by atomic mass is 16.2. The monoisotopic (exact) mass is 281 g/mol. The minimum absolute atomic E-state index is 0.0503. The molecule has 2 heterocycles. The van der Waals surface area contributed by atoms with Gasteiger partial charge in [-0.1, -0.05) is 12.8 Å². The zero-order chi connectivity index (χ0) is 14.4. The largest absolute Gasteiger partial charge is 0.341 e. The summed E-state index contributed by atoms with van der Waals surface area (Å²) in [5, 5.41) is 3.49. The van der Waals surface area contributed by atoms with Gasteiger partial charge in [0.15, 0.2) is 0 Å². The number of nitrogens with zero attached hydrogens (tertiary/aromatic N) is 2. The number of carbonyl (C=O) groups is 1. The van der Waals surface area contributed by atoms with Crippen molar-refractivity contribution >= 4 is 5.91 Å². The topological polar surface area (TPSA) is 35.6 Å². The van der Waals surface area contributed by atoms with Gasteiger partial charge >= 0.3 is 0 Å². The molecule has 2 atom stereocenters. The van der Waals surface area contributed by atoms with Crippen molar-refractivity contribution in [2.45, 2.75) is 64.5 Å². The van der Waals surface area contributed by atoms with Gasteiger partial charge in [-0.2, -0.15) is 0 Å². The van der Waals surface area contributed by atoms with Crippen molar-refractivity contribution in [3.05, 3.63) is 0 Å². The smallest absolute Gasteiger partial charge is 0.239 e. The van der Waals surface area contributed by atoms with Crippen molar-refractivity contribution in [3.63, 3.8) is 0 Å². The third-order valence-corrected chi connectivity index (χ3v) is 4.55. The molecule has 2 saturated heterocycles. The molecular formula is C16H31N3O. The highest BCUT2D eigenvalue weighted by molar-refractivity contribution is 5.81. The molecule has 4 nitrogen and oxygen atoms in total. The van der Waals surface area contributed by atoms with Crippen molar-refractivity contribution in [1.29, 1.82) is 0 Å². The zero-order valence-corrected chi connectivity index (χ0v) is 13.2. The van der Waals surface area contributed by atoms with Gasteiger partial charge in [-0.25, -0.2) is 0 Å². The number of carbonyl (C=O) groups excluding carboxylic acids is 1. The van der Waals surface area contributed by atoms with Crippen LogP contribution in [0.15, 0.2) is 0 Å². The summed E-state index contributed by atoms with van der Waals surface area (Å²) in [5.74, 6) is 0.292. The second-order valence-electron chi connectivity index (χ2n) is 6.54. The van der Waals surface area contributed by atoms with Gasteiger partial charge in [0, 0.05) is 25.7 Å². The van der Waals surface area contributed by atoms with E-state index in [-0.39, 0.29) is 6.04 Å². The van der Waals surface area contributed by atoms with Crippen molar-refractivity contribution in [3.8, 4) is 0 Å². The maximum atomic E-state index is 12.5. The molecule has 0 aliphatic carbocycles. The molecular weight excluding hydrogens is 250 g/mol. The molecule has 0 bridgehead atoms. The van der Waals surface area contributed by atoms with Crippen molar-refractivity contribution in [1.82, 2.24) is 15.1 Å². The summed E-state index contributed by atoms with van der Waals surface area (Å²) in [6, 6.07) is 0.338. The second kappa shape index (κ2) is 7.99. The van der Waals surface area contributed by atoms with Crippen LogP contribution in [0.1, 0.15) is 52.4 Å². The summed E-state index contributed by atoms with van der Waals surface area (Å²) >= 11 is 0. The van der Waals surface area contributed by atoms with Crippen LogP contribution in [0.25, 0.3) is 0 Å². The minimum atomic E-state index is -0.0503. The van der Waals surface area contributed by atoms with Gasteiger partial charge in [0.05, 0.1) is 6.04 Å². The number of likely N-dealkylation sites (tertiary alicyclic amines) is 2. The molecule has 20 heavy (non-hydrogen) atoms. The summed E-state index contributed by atoms with van der Waals surface area (Å²) in [6.07, 6.45) is 7.54. The summed E-state index contributed by atoms with van der Waals surface area (Å²) in [4.78, 5) is 17.0. The van der Waals surface area contributed by atoms with Crippen LogP contribution in [0.3, 0.4) is 0 Å². The third kappa shape index (κ3) is 4.74. The molecule has 0 aromatic carbocycles. The van der Waals surface area contributed by atoms with E-state index in [1.807, 2.05) is 6.92 Å². The first-order valence-corrected chi connectivity index (χ1v) is 8.44. The highest BCUT2D eigenvalue weighted by Gasteiger charge is 2.23. The van der Waals surface area contributed by atoms with Crippen LogP contribution < -0.4 is 5.32 Å². The lowest BCUT2D eigenvalue weighted by molar-refractivity contribution is -0.133. The van der Waals surface area contributed by atoms with E-state index in [9.17, 15) is 4.79 Å². The van der Waals surface area contributed by atoms with Gasteiger partial charge in [-0.05, 0) is 52.6 Å². The molecule has 0 aromatic heterocycles. The van der Waals surface area contributed by atoms with Gasteiger partial charge < -0.3 is 15.1 Å². The van der Waals surface area contributed by atoms with E-state index in [2.05, 4.69) is 22.0 Å². The van der Waals surface area contributed by atoms with E-state index < -0.39 is 0 Å². The van der Waals surface area contributed by atoms with E-state index in [0.29, 0.717) is 11.9 Å². The van der Waals surface area contributed by atoms with Crippen LogP contribution in [0.4, 0.5) is 0 Å². The molecule has 2 aliphatic rings. The Morgan fingerprint density at radius 2 is 1.50 bits per heavy atom. The van der Waals surface area contributed by atoms with Gasteiger partial charge in [-0.15, -0.1) is 0 Å². The molecule has 1 N–H and O–H groups in total. The summed E-state index contributed by atoms with van der Waals surface area (Å²) in [6.45, 7) is 9.63. The van der Waals surface area contributed by atoms with Gasteiger partial charge in [0.1, 0.15) is 0 Å². The van der Waals surface area contributed by atoms with Crippen LogP contribution in [0.5, 0.6) is 0 Å². The molecule has 1 amide bonds. The van der Waals surface area contributed by atoms with Crippen LogP contribution in [-0.2, 0) is 4.79 Å². The van der Waals surface area contributed by atoms with Crippen LogP contribution in [-0.4, -0.2) is 60.5 Å². The Balaban J connectivity index is 1.74. The predicted molar refractivity (Wildman–Crippen MR) is 82.8 cm³/mol. The summed E-state index contributed by atoms with van der Waals surface area (Å²) in [5.41, 5.74) is 0. The predicted octanol–water partition coefficient (Wildman–Crippen LogP) is 1.85. The molecule has 0 radical (unpaired) electrons. The van der Waals surface area contributed by atoms with Crippen LogP contribution in [0.2, 0.25) is 0 Å². The first-order chi connectivity index (χ1) is 9.66. The number of hydrogen-bond donors (Lipinski definition) is 1. The van der Waals surface area contributed by atoms with Gasteiger partial charge in [-0.3, -0.25) is 4.79 Å². The Bertz CT molecular complexity index is 294. The Hall–Kier alpha value is -0.610. The van der Waals surface area contributed by atoms with E-state index in [4.69, 9.17) is 0 Å². The molecule has 2 rings (SSSR count). The number of rotatable bonds is 5. The minimum Gasteiger partial charge on any atom is -0.341 e. The number of hydrogen-bond acceptors (Lipinski definition) is 3. The van der Waals surface area contributed by atoms with Crippen molar-refractivity contribution in [2.24, 2.45) is 0 Å². The fourth-order valence-corrected chi connectivity index (χ4v) is 3.47. The number of amides is 1. The average molecular weight is 281 g/mol. The van der Waals surface area contributed by atoms with E-state index >= 15 is 0 Å². The van der Waals surface area contributed by atoms with Crippen molar-refractivity contribution < 1.29 is 4.79 Å². The lowest BCUT2D eigenvalue weighted by Crippen LogP contribution is -2.50. The average Bonchev–Trinajstić information content (AvgIpc) is 2.77. The Labute approximate surface area is 123 Å². The molecule has 2 unspecified atom stereocenters. The summed E-state index contributed by atoms with van der Waals surface area (Å²) in [7, 11) is 0. The molecule has 4 heteroatoms. The van der Waals surface area contributed by atoms with Crippen LogP contribution >= 0.6 is 0 Å². The maximum Gasteiger partial charge on any atom is 0.239 e. The van der Waals surface area contributed by atoms with Gasteiger partial charge in [0.25, 0.3) is 0 Å². The molecule has 116 valence electrons. The first kappa shape index (κ1) is 15.8. The summed E-state index contributed by atoms with van der Waals surface area (Å²) < 4.78 is 0. The fraction of sp³-hybridized carbons (Fsp3) is 0.938. The zero-order valence-electron chi connectivity index (χ0n) is 13.2. The normalized spacial score (nSPS) is 24.4. The lowest BCUT2D eigenvalue weighted by atomic mass is 10.2. The molecule has 0 spiro atoms. The maximum absolute atomic E-state index is 12.5.